The Hall–Kier alpha value is -2.08. The highest BCUT2D eigenvalue weighted by Gasteiger charge is 2.22. The first-order valence-electron chi connectivity index (χ1n) is 10.4. The summed E-state index contributed by atoms with van der Waals surface area (Å²) in [4.78, 5) is 20.5. The van der Waals surface area contributed by atoms with E-state index in [0.717, 1.165) is 18.1 Å². The molecule has 6 heteroatoms. The lowest BCUT2D eigenvalue weighted by atomic mass is 10.0. The molecular weight excluding hydrogens is 350 g/mol. The minimum atomic E-state index is 0.0232. The third-order valence-electron chi connectivity index (χ3n) is 5.20. The van der Waals surface area contributed by atoms with Crippen LogP contribution < -0.4 is 10.6 Å². The molecule has 0 spiro atoms. The van der Waals surface area contributed by atoms with Crippen LogP contribution in [0.3, 0.4) is 0 Å². The Labute approximate surface area is 170 Å². The quantitative estimate of drug-likeness (QED) is 0.532. The molecule has 2 N–H and O–H groups in total. The molecule has 28 heavy (non-hydrogen) atoms. The number of carbonyl (C=O) groups excluding carboxylic acids is 1. The summed E-state index contributed by atoms with van der Waals surface area (Å²) in [6.07, 6.45) is 3.83. The van der Waals surface area contributed by atoms with Crippen LogP contribution in [0.25, 0.3) is 0 Å². The fourth-order valence-electron chi connectivity index (χ4n) is 3.66. The number of nitrogens with one attached hydrogen (secondary N) is 2. The summed E-state index contributed by atoms with van der Waals surface area (Å²) in [5, 5.41) is 6.88. The molecule has 1 aliphatic rings. The second-order valence-electron chi connectivity index (χ2n) is 8.23. The first kappa shape index (κ1) is 22.2. The maximum atomic E-state index is 12.0. The largest absolute Gasteiger partial charge is 0.355 e. The van der Waals surface area contributed by atoms with Crippen molar-refractivity contribution in [3.8, 4) is 0 Å². The molecule has 6 nitrogen and oxygen atoms in total. The van der Waals surface area contributed by atoms with Crippen molar-refractivity contribution in [2.75, 3.05) is 40.8 Å². The smallest absolute Gasteiger partial charge is 0.253 e. The van der Waals surface area contributed by atoms with E-state index in [2.05, 4.69) is 34.4 Å². The molecule has 1 atom stereocenters. The summed E-state index contributed by atoms with van der Waals surface area (Å²) < 4.78 is 0. The maximum absolute atomic E-state index is 12.0. The highest BCUT2D eigenvalue weighted by molar-refractivity contribution is 5.93. The fraction of sp³-hybridized carbons (Fsp3) is 0.636. The van der Waals surface area contributed by atoms with Crippen LogP contribution in [0.1, 0.15) is 49.0 Å². The molecule has 0 aromatic heterocycles. The molecule has 156 valence electrons. The summed E-state index contributed by atoms with van der Waals surface area (Å²) in [5.41, 5.74) is 1.83. The first-order valence-corrected chi connectivity index (χ1v) is 10.4. The van der Waals surface area contributed by atoms with Crippen LogP contribution >= 0.6 is 0 Å². The van der Waals surface area contributed by atoms with Gasteiger partial charge >= 0.3 is 0 Å². The van der Waals surface area contributed by atoms with E-state index >= 15 is 0 Å². The van der Waals surface area contributed by atoms with Crippen LogP contribution in [0.5, 0.6) is 0 Å². The first-order chi connectivity index (χ1) is 13.4. The van der Waals surface area contributed by atoms with E-state index in [-0.39, 0.29) is 5.91 Å². The van der Waals surface area contributed by atoms with Crippen LogP contribution in [0.4, 0.5) is 0 Å². The van der Waals surface area contributed by atoms with E-state index in [0.29, 0.717) is 24.1 Å². The number of guanidine groups is 1. The number of hydrogen-bond acceptors (Lipinski definition) is 3. The molecule has 1 aliphatic heterocycles. The van der Waals surface area contributed by atoms with Gasteiger partial charge in [-0.25, -0.2) is 0 Å². The van der Waals surface area contributed by atoms with Crippen molar-refractivity contribution in [1.82, 2.24) is 20.4 Å². The maximum Gasteiger partial charge on any atom is 0.253 e. The lowest BCUT2D eigenvalue weighted by Crippen LogP contribution is -2.46. The van der Waals surface area contributed by atoms with Gasteiger partial charge in [-0.1, -0.05) is 26.0 Å². The van der Waals surface area contributed by atoms with Gasteiger partial charge in [-0.05, 0) is 56.0 Å². The van der Waals surface area contributed by atoms with Gasteiger partial charge in [-0.2, -0.15) is 0 Å². The number of aliphatic imine (C=N–C) groups is 1. The molecule has 0 saturated carbocycles. The number of likely N-dealkylation sites (tertiary alicyclic amines) is 1. The number of rotatable bonds is 8. The van der Waals surface area contributed by atoms with Crippen LogP contribution in [-0.4, -0.2) is 68.5 Å². The predicted octanol–water partition coefficient (Wildman–Crippen LogP) is 2.56. The second kappa shape index (κ2) is 11.1. The molecule has 1 aromatic rings. The number of benzene rings is 1. The second-order valence-corrected chi connectivity index (χ2v) is 8.23. The molecule has 1 saturated heterocycles. The van der Waals surface area contributed by atoms with Gasteiger partial charge in [0, 0.05) is 45.8 Å². The van der Waals surface area contributed by atoms with Gasteiger partial charge < -0.3 is 15.5 Å². The molecule has 1 fully saturated rings. The average molecular weight is 388 g/mol. The van der Waals surface area contributed by atoms with E-state index in [1.54, 1.807) is 19.0 Å². The predicted molar refractivity (Wildman–Crippen MR) is 117 cm³/mol. The van der Waals surface area contributed by atoms with E-state index < -0.39 is 0 Å². The summed E-state index contributed by atoms with van der Waals surface area (Å²) in [6.45, 7) is 8.59. The van der Waals surface area contributed by atoms with E-state index in [1.807, 2.05) is 31.3 Å². The van der Waals surface area contributed by atoms with Gasteiger partial charge in [-0.3, -0.25) is 14.7 Å². The SMILES string of the molecule is CN=C(NCc1ccc(C(=O)N(C)C)cc1)NCC(CC(C)C)N1CCCC1. The Morgan fingerprint density at radius 2 is 1.79 bits per heavy atom. The van der Waals surface area contributed by atoms with Crippen molar-refractivity contribution in [3.05, 3.63) is 35.4 Å². The van der Waals surface area contributed by atoms with Crippen molar-refractivity contribution in [3.63, 3.8) is 0 Å². The Kier molecular flexibility index (Phi) is 8.77. The van der Waals surface area contributed by atoms with Gasteiger partial charge in [0.1, 0.15) is 0 Å². The summed E-state index contributed by atoms with van der Waals surface area (Å²) in [7, 11) is 5.34. The minimum Gasteiger partial charge on any atom is -0.355 e. The van der Waals surface area contributed by atoms with Gasteiger partial charge in [0.2, 0.25) is 0 Å². The Balaban J connectivity index is 1.85. The van der Waals surface area contributed by atoms with E-state index in [4.69, 9.17) is 0 Å². The van der Waals surface area contributed by atoms with Crippen molar-refractivity contribution in [2.45, 2.75) is 45.7 Å². The van der Waals surface area contributed by atoms with Crippen LogP contribution in [0.15, 0.2) is 29.3 Å². The molecule has 2 rings (SSSR count). The lowest BCUT2D eigenvalue weighted by molar-refractivity contribution is 0.0827. The Morgan fingerprint density at radius 3 is 2.32 bits per heavy atom. The lowest BCUT2D eigenvalue weighted by Gasteiger charge is -2.29. The zero-order chi connectivity index (χ0) is 20.5. The molecule has 1 heterocycles. The van der Waals surface area contributed by atoms with Crippen molar-refractivity contribution in [1.29, 1.82) is 0 Å². The van der Waals surface area contributed by atoms with Crippen LogP contribution in [-0.2, 0) is 6.54 Å². The highest BCUT2D eigenvalue weighted by atomic mass is 16.2. The summed E-state index contributed by atoms with van der Waals surface area (Å²) in [6, 6.07) is 8.28. The standard InChI is InChI=1S/C22H37N5O/c1-17(2)14-20(27-12-6-7-13-27)16-25-22(23-3)24-15-18-8-10-19(11-9-18)21(28)26(4)5/h8-11,17,20H,6-7,12-16H2,1-5H3,(H2,23,24,25). The van der Waals surface area contributed by atoms with Gasteiger partial charge in [0.15, 0.2) is 5.96 Å². The molecule has 0 radical (unpaired) electrons. The van der Waals surface area contributed by atoms with Gasteiger partial charge in [0.25, 0.3) is 5.91 Å². The average Bonchev–Trinajstić information content (AvgIpc) is 3.21. The Morgan fingerprint density at radius 1 is 1.14 bits per heavy atom. The zero-order valence-corrected chi connectivity index (χ0v) is 18.2. The van der Waals surface area contributed by atoms with E-state index in [1.165, 1.54) is 32.4 Å². The molecule has 0 aliphatic carbocycles. The monoisotopic (exact) mass is 387 g/mol. The topological polar surface area (TPSA) is 60.0 Å². The third-order valence-corrected chi connectivity index (χ3v) is 5.20. The van der Waals surface area contributed by atoms with Gasteiger partial charge in [-0.15, -0.1) is 0 Å². The van der Waals surface area contributed by atoms with Crippen molar-refractivity contribution in [2.24, 2.45) is 10.9 Å². The molecule has 1 unspecified atom stereocenters. The summed E-state index contributed by atoms with van der Waals surface area (Å²) in [5.74, 6) is 1.53. The number of nitrogens with zero attached hydrogens (tertiary/aromatic N) is 3. The molecule has 1 amide bonds. The number of amides is 1. The number of hydrogen-bond donors (Lipinski definition) is 2. The van der Waals surface area contributed by atoms with Gasteiger partial charge in [0.05, 0.1) is 0 Å². The summed E-state index contributed by atoms with van der Waals surface area (Å²) >= 11 is 0. The van der Waals surface area contributed by atoms with Crippen LogP contribution in [0, 0.1) is 5.92 Å². The van der Waals surface area contributed by atoms with Crippen LogP contribution in [0.2, 0.25) is 0 Å². The molecule has 0 bridgehead atoms. The molecule has 1 aromatic carbocycles. The van der Waals surface area contributed by atoms with E-state index in [9.17, 15) is 4.79 Å². The zero-order valence-electron chi connectivity index (χ0n) is 18.2. The normalized spacial score (nSPS) is 16.3. The third kappa shape index (κ3) is 6.82. The molecular formula is C22H37N5O. The van der Waals surface area contributed by atoms with Crippen molar-refractivity contribution < 1.29 is 4.79 Å². The highest BCUT2D eigenvalue weighted by Crippen LogP contribution is 2.17. The number of carbonyl (C=O) groups is 1. The van der Waals surface area contributed by atoms with Crippen molar-refractivity contribution >= 4 is 11.9 Å². The fourth-order valence-corrected chi connectivity index (χ4v) is 3.66. The Bertz CT molecular complexity index is 633. The minimum absolute atomic E-state index is 0.0232.